The number of nitrogens with two attached hydrogens (primary N) is 3. The third kappa shape index (κ3) is 11.5. The molecule has 0 spiro atoms. The molecule has 0 amide bonds. The predicted molar refractivity (Wildman–Crippen MR) is 221 cm³/mol. The highest BCUT2D eigenvalue weighted by Crippen LogP contribution is 2.49. The minimum absolute atomic E-state index is 0.0482. The van der Waals surface area contributed by atoms with Gasteiger partial charge in [0.1, 0.15) is 23.7 Å². The van der Waals surface area contributed by atoms with Crippen molar-refractivity contribution < 1.29 is 40.3 Å². The fourth-order valence-electron chi connectivity index (χ4n) is 13.9. The number of piperidine rings is 2. The fourth-order valence-corrected chi connectivity index (χ4v) is 13.9. The molecule has 2 heterocycles. The number of ether oxygens (including phenoxy) is 1. The van der Waals surface area contributed by atoms with Crippen molar-refractivity contribution in [2.24, 2.45) is 70.8 Å². The highest BCUT2D eigenvalue weighted by Gasteiger charge is 2.43. The molecule has 0 aromatic rings. The molecule has 57 heavy (non-hydrogen) atoms. The molecular weight excluding hydrogens is 715 g/mol. The van der Waals surface area contributed by atoms with Crippen molar-refractivity contribution in [3.05, 3.63) is 0 Å². The molecule has 5 aliphatic carbocycles. The van der Waals surface area contributed by atoms with Gasteiger partial charge in [0.05, 0.1) is 50.0 Å². The van der Waals surface area contributed by atoms with Crippen LogP contribution >= 0.6 is 0 Å². The smallest absolute Gasteiger partial charge is 0.150 e. The molecule has 9 heteroatoms. The average Bonchev–Trinajstić information content (AvgIpc) is 3.27. The zero-order valence-corrected chi connectivity index (χ0v) is 35.5. The summed E-state index contributed by atoms with van der Waals surface area (Å²) in [5.41, 5.74) is 6.54. The van der Waals surface area contributed by atoms with Gasteiger partial charge in [0.25, 0.3) is 0 Å². The van der Waals surface area contributed by atoms with Crippen LogP contribution in [0.1, 0.15) is 154 Å². The van der Waals surface area contributed by atoms with E-state index >= 15 is 0 Å². The average molecular weight is 796 g/mol. The number of aliphatic hydroxyl groups excluding tert-OH is 3. The number of rotatable bonds is 14. The number of hydrogen-bond acceptors (Lipinski definition) is 7. The summed E-state index contributed by atoms with van der Waals surface area (Å²) in [5, 5.41) is 39.3. The number of aliphatic hydroxyl groups is 3. The van der Waals surface area contributed by atoms with Crippen molar-refractivity contribution in [2.75, 3.05) is 20.2 Å². The molecule has 7 rings (SSSR count). The monoisotopic (exact) mass is 796 g/mol. The molecule has 6 fully saturated rings. The van der Waals surface area contributed by atoms with Gasteiger partial charge in [0.15, 0.2) is 0 Å². The van der Waals surface area contributed by atoms with Gasteiger partial charge in [-0.3, -0.25) is 15.3 Å². The summed E-state index contributed by atoms with van der Waals surface area (Å²) in [4.78, 5) is 25.7. The van der Waals surface area contributed by atoms with E-state index in [-0.39, 0.29) is 35.8 Å². The third-order valence-electron chi connectivity index (χ3n) is 17.2. The number of unbranched alkanes of at least 4 members (excludes halogenated alkanes) is 1. The normalized spacial score (nSPS) is 41.8. The lowest BCUT2D eigenvalue weighted by Crippen LogP contribution is -2.95. The second-order valence-electron chi connectivity index (χ2n) is 20.7. The first-order valence-electron chi connectivity index (χ1n) is 24.2. The zero-order chi connectivity index (χ0) is 39.9. The maximum Gasteiger partial charge on any atom is 0.150 e. The van der Waals surface area contributed by atoms with Gasteiger partial charge in [0.2, 0.25) is 0 Å². The third-order valence-corrected chi connectivity index (χ3v) is 17.2. The van der Waals surface area contributed by atoms with Crippen molar-refractivity contribution in [3.8, 4) is 11.8 Å². The van der Waals surface area contributed by atoms with Crippen LogP contribution in [0.3, 0.4) is 0 Å². The first-order chi connectivity index (χ1) is 27.6. The van der Waals surface area contributed by atoms with Gasteiger partial charge in [-0.2, -0.15) is 0 Å². The van der Waals surface area contributed by atoms with Crippen molar-refractivity contribution in [1.82, 2.24) is 0 Å². The van der Waals surface area contributed by atoms with Crippen LogP contribution in [0.15, 0.2) is 0 Å². The number of carbonyl (C=O) groups is 2. The summed E-state index contributed by atoms with van der Waals surface area (Å²) < 4.78 is 5.73. The van der Waals surface area contributed by atoms with Crippen molar-refractivity contribution in [1.29, 1.82) is 0 Å². The Labute approximate surface area is 344 Å². The number of hydrogen-bond donors (Lipinski definition) is 6. The first-order valence-corrected chi connectivity index (χ1v) is 24.2. The summed E-state index contributed by atoms with van der Waals surface area (Å²) >= 11 is 0. The maximum absolute atomic E-state index is 13.8. The number of ketones is 2. The summed E-state index contributed by atoms with van der Waals surface area (Å²) in [7, 11) is 1.67. The van der Waals surface area contributed by atoms with Crippen LogP contribution in [-0.4, -0.2) is 83.7 Å². The van der Waals surface area contributed by atoms with Gasteiger partial charge in [-0.1, -0.05) is 50.4 Å². The van der Waals surface area contributed by atoms with Crippen LogP contribution in [0.25, 0.3) is 0 Å². The molecule has 2 aliphatic heterocycles. The van der Waals surface area contributed by atoms with Gasteiger partial charge < -0.3 is 30.7 Å². The molecule has 2 saturated heterocycles. The second kappa shape index (κ2) is 20.9. The van der Waals surface area contributed by atoms with E-state index in [2.05, 4.69) is 22.5 Å². The molecule has 0 radical (unpaired) electrons. The minimum Gasteiger partial charge on any atom is -0.393 e. The standard InChI is InChI=1S/C48H79N3O6/c1-57-47-24-35-15-19-45(55)40(44(54)9-5-2-6-30-22-37-13-17-39(53)27-43(37)51-29-30)18-14-32(42(35)28-46(47)56)12-16-38(52)26-41(36-20-21-50-48(49)25-36)34-11-10-31-7-3-4-8-33(31)23-34/h30-38,40-44,46-48,50-52,54,56H,2-13,15-17,19-29,49H2,1H3/p+2/t30-,31?,32-,33?,34?,35?,36?,37+,38+,40-,41+,42?,43-,44-,46?,47?,48?/m1/s1. The Morgan fingerprint density at radius 3 is 2.44 bits per heavy atom. The van der Waals surface area contributed by atoms with Gasteiger partial charge in [-0.05, 0) is 131 Å². The van der Waals surface area contributed by atoms with Gasteiger partial charge in [0, 0.05) is 44.1 Å². The summed E-state index contributed by atoms with van der Waals surface area (Å²) in [6, 6.07) is 0.486. The molecule has 9 unspecified atom stereocenters. The Kier molecular flexibility index (Phi) is 16.0. The van der Waals surface area contributed by atoms with E-state index in [1.54, 1.807) is 7.11 Å². The molecule has 0 aromatic heterocycles. The molecule has 17 atom stereocenters. The zero-order valence-electron chi connectivity index (χ0n) is 35.5. The van der Waals surface area contributed by atoms with E-state index in [0.29, 0.717) is 73.5 Å². The van der Waals surface area contributed by atoms with Crippen molar-refractivity contribution >= 4 is 11.6 Å². The second-order valence-corrected chi connectivity index (χ2v) is 20.7. The van der Waals surface area contributed by atoms with Crippen molar-refractivity contribution in [2.45, 2.75) is 191 Å². The maximum atomic E-state index is 13.8. The molecule has 322 valence electrons. The van der Waals surface area contributed by atoms with Gasteiger partial charge >= 0.3 is 0 Å². The van der Waals surface area contributed by atoms with Crippen LogP contribution in [0.4, 0.5) is 0 Å². The predicted octanol–water partition coefficient (Wildman–Crippen LogP) is 4.24. The van der Waals surface area contributed by atoms with E-state index in [4.69, 9.17) is 10.5 Å². The van der Waals surface area contributed by atoms with E-state index in [1.165, 1.54) is 57.8 Å². The number of Topliss-reactive ketones (excluding diaryl/α,β-unsaturated/α-hetero) is 2. The van der Waals surface area contributed by atoms with E-state index in [0.717, 1.165) is 89.1 Å². The van der Waals surface area contributed by atoms with Crippen molar-refractivity contribution in [3.63, 3.8) is 0 Å². The number of methoxy groups -OCH3 is 1. The van der Waals surface area contributed by atoms with Crippen LogP contribution in [0.2, 0.25) is 0 Å². The quantitative estimate of drug-likeness (QED) is 0.113. The lowest BCUT2D eigenvalue weighted by molar-refractivity contribution is -0.711. The van der Waals surface area contributed by atoms with E-state index in [1.807, 2.05) is 0 Å². The SMILES string of the molecule is COC1CC2CCC(=O)[C@@H]([C@H](O)CCCC[C@H]3C[NH2+][C@@H]4CC(=O)CC[C@H]4C3)C#C[C@@H](CC[C@H](O)C[C@H](C3CC[NH2+]C(N)C3)C3CCC4CCCCC4C3)C2CC1O. The van der Waals surface area contributed by atoms with Crippen LogP contribution in [0.5, 0.6) is 0 Å². The Bertz CT molecular complexity index is 1370. The highest BCUT2D eigenvalue weighted by molar-refractivity contribution is 5.84. The molecule has 9 N–H and O–H groups in total. The summed E-state index contributed by atoms with van der Waals surface area (Å²) in [6.45, 7) is 2.18. The lowest BCUT2D eigenvalue weighted by Gasteiger charge is -2.45. The molecular formula is C48H81N3O6+2. The number of quaternary nitrogens is 2. The van der Waals surface area contributed by atoms with Gasteiger partial charge in [-0.15, -0.1) is 0 Å². The molecule has 9 nitrogen and oxygen atoms in total. The van der Waals surface area contributed by atoms with Crippen LogP contribution < -0.4 is 16.4 Å². The molecule has 0 aromatic carbocycles. The summed E-state index contributed by atoms with van der Waals surface area (Å²) in [5.74, 6) is 11.9. The Balaban J connectivity index is 0.983. The topological polar surface area (TPSA) is 163 Å². The number of fused-ring (bicyclic) bond motifs is 3. The molecule has 0 bridgehead atoms. The number of carbonyl (C=O) groups excluding carboxylic acids is 2. The lowest BCUT2D eigenvalue weighted by atomic mass is 9.61. The Morgan fingerprint density at radius 2 is 1.61 bits per heavy atom. The van der Waals surface area contributed by atoms with E-state index in [9.17, 15) is 24.9 Å². The summed E-state index contributed by atoms with van der Waals surface area (Å²) in [6.07, 6.45) is 22.0. The fraction of sp³-hybridized carbons (Fsp3) is 0.917. The molecule has 7 aliphatic rings. The largest absolute Gasteiger partial charge is 0.393 e. The van der Waals surface area contributed by atoms with Gasteiger partial charge in [-0.25, -0.2) is 0 Å². The molecule has 4 saturated carbocycles. The Hall–Kier alpha value is -1.38. The van der Waals surface area contributed by atoms with E-state index < -0.39 is 24.2 Å². The highest BCUT2D eigenvalue weighted by atomic mass is 16.5. The van der Waals surface area contributed by atoms with Crippen LogP contribution in [0, 0.1) is 76.9 Å². The first kappa shape index (κ1) is 43.7. The Morgan fingerprint density at radius 1 is 0.807 bits per heavy atom. The van der Waals surface area contributed by atoms with Crippen LogP contribution in [-0.2, 0) is 14.3 Å². The minimum atomic E-state index is -0.778.